The highest BCUT2D eigenvalue weighted by Crippen LogP contribution is 2.31. The van der Waals surface area contributed by atoms with Crippen LogP contribution in [0, 0.1) is 6.92 Å². The molecule has 1 amide bonds. The number of halogens is 4. The van der Waals surface area contributed by atoms with Crippen molar-refractivity contribution in [3.8, 4) is 11.4 Å². The molecule has 0 spiro atoms. The first-order valence-electron chi connectivity index (χ1n) is 11.8. The molecule has 1 aliphatic carbocycles. The molecule has 0 radical (unpaired) electrons. The number of rotatable bonds is 8. The number of carbonyl (C=O) groups excluding carboxylic acids is 1. The van der Waals surface area contributed by atoms with E-state index in [0.717, 1.165) is 0 Å². The Balaban J connectivity index is 1.38. The lowest BCUT2D eigenvalue weighted by Gasteiger charge is -2.13. The van der Waals surface area contributed by atoms with E-state index in [4.69, 9.17) is 11.6 Å². The number of aromatic nitrogens is 2. The summed E-state index contributed by atoms with van der Waals surface area (Å²) in [4.78, 5) is 13.2. The molecule has 4 aromatic rings. The van der Waals surface area contributed by atoms with Crippen LogP contribution in [0.5, 0.6) is 5.75 Å². The number of aryl methyl sites for hydroxylation is 1. The molecule has 204 valence electrons. The van der Waals surface area contributed by atoms with Crippen molar-refractivity contribution in [3.63, 3.8) is 0 Å². The summed E-state index contributed by atoms with van der Waals surface area (Å²) in [5.41, 5.74) is 2.82. The summed E-state index contributed by atoms with van der Waals surface area (Å²) in [7, 11) is -3.39. The minimum atomic E-state index is -4.80. The van der Waals surface area contributed by atoms with Crippen molar-refractivity contribution in [1.29, 1.82) is 0 Å². The molecule has 13 heteroatoms. The molecule has 1 heterocycles. The van der Waals surface area contributed by atoms with Crippen molar-refractivity contribution in [1.82, 2.24) is 14.5 Å². The van der Waals surface area contributed by atoms with E-state index in [2.05, 4.69) is 19.9 Å². The van der Waals surface area contributed by atoms with E-state index in [0.29, 0.717) is 46.2 Å². The Bertz CT molecular complexity index is 1680. The Hall–Kier alpha value is -3.61. The molecule has 0 bridgehead atoms. The lowest BCUT2D eigenvalue weighted by molar-refractivity contribution is -0.274. The monoisotopic (exact) mass is 578 g/mol. The van der Waals surface area contributed by atoms with E-state index in [-0.39, 0.29) is 28.1 Å². The lowest BCUT2D eigenvalue weighted by Crippen LogP contribution is -2.26. The third-order valence-corrected chi connectivity index (χ3v) is 8.43. The van der Waals surface area contributed by atoms with Gasteiger partial charge in [0, 0.05) is 11.9 Å². The summed E-state index contributed by atoms with van der Waals surface area (Å²) in [6, 6.07) is 13.8. The van der Waals surface area contributed by atoms with E-state index in [9.17, 15) is 26.4 Å². The quantitative estimate of drug-likeness (QED) is 0.278. The molecular weight excluding hydrogens is 557 g/mol. The van der Waals surface area contributed by atoms with Crippen molar-refractivity contribution in [2.75, 3.05) is 5.32 Å². The van der Waals surface area contributed by atoms with Crippen molar-refractivity contribution < 1.29 is 31.1 Å². The first kappa shape index (κ1) is 27.0. The van der Waals surface area contributed by atoms with E-state index in [1.54, 1.807) is 35.9 Å². The van der Waals surface area contributed by atoms with Crippen LogP contribution < -0.4 is 14.8 Å². The van der Waals surface area contributed by atoms with Gasteiger partial charge in [-0.2, -0.15) is 5.10 Å². The Morgan fingerprint density at radius 1 is 1.15 bits per heavy atom. The van der Waals surface area contributed by atoms with Crippen LogP contribution in [-0.4, -0.2) is 35.7 Å². The molecule has 0 aliphatic heterocycles. The molecule has 2 N–H and O–H groups in total. The van der Waals surface area contributed by atoms with Crippen LogP contribution >= 0.6 is 11.6 Å². The van der Waals surface area contributed by atoms with Gasteiger partial charge in [0.1, 0.15) is 5.75 Å². The molecule has 39 heavy (non-hydrogen) atoms. The number of nitrogens with zero attached hydrogens (tertiary/aromatic N) is 2. The number of hydrogen-bond donors (Lipinski definition) is 2. The van der Waals surface area contributed by atoms with Gasteiger partial charge in [0.2, 0.25) is 10.0 Å². The summed E-state index contributed by atoms with van der Waals surface area (Å²) >= 11 is 6.28. The molecule has 1 aromatic heterocycles. The topological polar surface area (TPSA) is 102 Å². The molecule has 1 fully saturated rings. The van der Waals surface area contributed by atoms with E-state index >= 15 is 0 Å². The maximum atomic E-state index is 13.2. The van der Waals surface area contributed by atoms with Crippen molar-refractivity contribution in [3.05, 3.63) is 82.5 Å². The van der Waals surface area contributed by atoms with Gasteiger partial charge in [-0.1, -0.05) is 23.7 Å². The van der Waals surface area contributed by atoms with Gasteiger partial charge in [0.05, 0.1) is 38.9 Å². The number of ether oxygens (including phenoxy) is 1. The highest BCUT2D eigenvalue weighted by Gasteiger charge is 2.35. The SMILES string of the molecule is Cc1cc(OC(F)(F)F)ccc1-n1ncc2c(NC(=O)c3cc(CNS(=O)(=O)C4CC4)ccc3Cl)cccc21. The highest BCUT2D eigenvalue weighted by atomic mass is 35.5. The van der Waals surface area contributed by atoms with Crippen molar-refractivity contribution in [2.45, 2.75) is 37.9 Å². The Morgan fingerprint density at radius 2 is 1.92 bits per heavy atom. The molecule has 8 nitrogen and oxygen atoms in total. The fraction of sp³-hybridized carbons (Fsp3) is 0.231. The van der Waals surface area contributed by atoms with Gasteiger partial charge in [-0.15, -0.1) is 13.2 Å². The van der Waals surface area contributed by atoms with Gasteiger partial charge in [-0.05, 0) is 73.4 Å². The number of alkyl halides is 3. The number of sulfonamides is 1. The van der Waals surface area contributed by atoms with Gasteiger partial charge in [-0.25, -0.2) is 17.8 Å². The second kappa shape index (κ2) is 10.2. The fourth-order valence-electron chi connectivity index (χ4n) is 4.14. The second-order valence-corrected chi connectivity index (χ2v) is 11.6. The molecule has 0 atom stereocenters. The molecule has 3 aromatic carbocycles. The maximum absolute atomic E-state index is 13.2. The molecule has 5 rings (SSSR count). The summed E-state index contributed by atoms with van der Waals surface area (Å²) in [5.74, 6) is -0.843. The molecule has 0 unspecified atom stereocenters. The number of carbonyl (C=O) groups is 1. The van der Waals surface area contributed by atoms with Crippen LogP contribution in [0.2, 0.25) is 5.02 Å². The third kappa shape index (κ3) is 6.02. The Morgan fingerprint density at radius 3 is 2.62 bits per heavy atom. The van der Waals surface area contributed by atoms with Crippen LogP contribution in [0.25, 0.3) is 16.6 Å². The minimum absolute atomic E-state index is 0.0325. The summed E-state index contributed by atoms with van der Waals surface area (Å²) in [5, 5.41) is 7.63. The Kier molecular flexibility index (Phi) is 7.04. The second-order valence-electron chi connectivity index (χ2n) is 9.12. The van der Waals surface area contributed by atoms with E-state index in [1.165, 1.54) is 36.5 Å². The smallest absolute Gasteiger partial charge is 0.406 e. The van der Waals surface area contributed by atoms with Gasteiger partial charge < -0.3 is 10.1 Å². The molecule has 0 saturated heterocycles. The molecule has 1 aliphatic rings. The highest BCUT2D eigenvalue weighted by molar-refractivity contribution is 7.90. The van der Waals surface area contributed by atoms with Crippen molar-refractivity contribution >= 4 is 44.1 Å². The number of anilines is 1. The predicted octanol–water partition coefficient (Wildman–Crippen LogP) is 5.72. The van der Waals surface area contributed by atoms with Gasteiger partial charge in [0.25, 0.3) is 5.91 Å². The van der Waals surface area contributed by atoms with Crippen LogP contribution in [0.4, 0.5) is 18.9 Å². The first-order chi connectivity index (χ1) is 18.4. The summed E-state index contributed by atoms with van der Waals surface area (Å²) in [6.07, 6.45) is -1.98. The van der Waals surface area contributed by atoms with Crippen LogP contribution in [0.3, 0.4) is 0 Å². The normalized spacial score (nSPS) is 14.0. The number of nitrogens with one attached hydrogen (secondary N) is 2. The number of benzene rings is 3. The van der Waals surface area contributed by atoms with Crippen LogP contribution in [-0.2, 0) is 16.6 Å². The summed E-state index contributed by atoms with van der Waals surface area (Å²) < 4.78 is 70.1. The molecular formula is C26H22ClF3N4O4S. The van der Waals surface area contributed by atoms with Gasteiger partial charge in [-0.3, -0.25) is 4.79 Å². The zero-order chi connectivity index (χ0) is 27.9. The van der Waals surface area contributed by atoms with E-state index < -0.39 is 22.3 Å². The van der Waals surface area contributed by atoms with Gasteiger partial charge >= 0.3 is 6.36 Å². The summed E-state index contributed by atoms with van der Waals surface area (Å²) in [6.45, 7) is 1.67. The largest absolute Gasteiger partial charge is 0.573 e. The van der Waals surface area contributed by atoms with Crippen molar-refractivity contribution in [2.24, 2.45) is 0 Å². The number of amides is 1. The lowest BCUT2D eigenvalue weighted by atomic mass is 10.1. The Labute approximate surface area is 226 Å². The number of fused-ring (bicyclic) bond motifs is 1. The zero-order valence-electron chi connectivity index (χ0n) is 20.4. The van der Waals surface area contributed by atoms with Gasteiger partial charge in [0.15, 0.2) is 0 Å². The van der Waals surface area contributed by atoms with Crippen LogP contribution in [0.15, 0.2) is 60.8 Å². The minimum Gasteiger partial charge on any atom is -0.406 e. The fourth-order valence-corrected chi connectivity index (χ4v) is 5.70. The average molecular weight is 579 g/mol. The van der Waals surface area contributed by atoms with Crippen LogP contribution in [0.1, 0.15) is 34.3 Å². The average Bonchev–Trinajstić information content (AvgIpc) is 3.64. The number of hydrogen-bond acceptors (Lipinski definition) is 5. The third-order valence-electron chi connectivity index (χ3n) is 6.21. The standard InChI is InChI=1S/C26H22ClF3N4O4S/c1-15-11-17(38-26(28,29)30)6-10-23(15)34-24-4-2-3-22(20(24)14-31-34)33-25(35)19-12-16(5-9-21(19)27)13-32-39(36,37)18-7-8-18/h2-6,9-12,14,18,32H,7-8,13H2,1H3,(H,33,35). The zero-order valence-corrected chi connectivity index (χ0v) is 22.0. The predicted molar refractivity (Wildman–Crippen MR) is 141 cm³/mol. The van der Waals surface area contributed by atoms with E-state index in [1.807, 2.05) is 0 Å². The maximum Gasteiger partial charge on any atom is 0.573 e. The first-order valence-corrected chi connectivity index (χ1v) is 13.8. The molecule has 1 saturated carbocycles.